The average Bonchev–Trinajstić information content (AvgIpc) is 2.93. The van der Waals surface area contributed by atoms with Gasteiger partial charge in [-0.1, -0.05) is 26.2 Å². The van der Waals surface area contributed by atoms with Crippen LogP contribution in [0.5, 0.6) is 0 Å². The highest BCUT2D eigenvalue weighted by molar-refractivity contribution is 5.01. The molecule has 18 heavy (non-hydrogen) atoms. The van der Waals surface area contributed by atoms with Crippen LogP contribution in [0.25, 0.3) is 0 Å². The van der Waals surface area contributed by atoms with Crippen LogP contribution in [0, 0.1) is 0 Å². The van der Waals surface area contributed by atoms with E-state index in [9.17, 15) is 0 Å². The van der Waals surface area contributed by atoms with Crippen LogP contribution in [0.2, 0.25) is 0 Å². The lowest BCUT2D eigenvalue weighted by Gasteiger charge is -2.51. The highest BCUT2D eigenvalue weighted by Gasteiger charge is 2.42. The first kappa shape index (κ1) is 12.9. The molecule has 1 saturated carbocycles. The molecule has 0 aromatic carbocycles. The van der Waals surface area contributed by atoms with Gasteiger partial charge in [-0.15, -0.1) is 0 Å². The maximum Gasteiger partial charge on any atom is 0.0622 e. The van der Waals surface area contributed by atoms with Crippen molar-refractivity contribution in [2.24, 2.45) is 0 Å². The van der Waals surface area contributed by atoms with Gasteiger partial charge in [0.25, 0.3) is 0 Å². The van der Waals surface area contributed by atoms with Crippen LogP contribution in [-0.2, 0) is 4.74 Å². The summed E-state index contributed by atoms with van der Waals surface area (Å²) in [6, 6.07) is 1.42. The fourth-order valence-corrected chi connectivity index (χ4v) is 4.14. The molecule has 3 nitrogen and oxygen atoms in total. The molecule has 3 fully saturated rings. The lowest BCUT2D eigenvalue weighted by molar-refractivity contribution is 0.0186. The molecule has 1 N–H and O–H groups in total. The Kier molecular flexibility index (Phi) is 3.92. The quantitative estimate of drug-likeness (QED) is 0.815. The molecular formula is C15H28N2O. The summed E-state index contributed by atoms with van der Waals surface area (Å²) in [4.78, 5) is 2.79. The van der Waals surface area contributed by atoms with E-state index in [4.69, 9.17) is 4.74 Å². The smallest absolute Gasteiger partial charge is 0.0622 e. The van der Waals surface area contributed by atoms with Gasteiger partial charge in [-0.25, -0.2) is 0 Å². The first-order chi connectivity index (χ1) is 8.83. The second-order valence-corrected chi connectivity index (χ2v) is 6.47. The van der Waals surface area contributed by atoms with E-state index in [0.717, 1.165) is 19.3 Å². The van der Waals surface area contributed by atoms with E-state index in [2.05, 4.69) is 17.1 Å². The van der Waals surface area contributed by atoms with Crippen molar-refractivity contribution >= 4 is 0 Å². The van der Waals surface area contributed by atoms with Crippen molar-refractivity contribution in [3.05, 3.63) is 0 Å². The van der Waals surface area contributed by atoms with Crippen molar-refractivity contribution < 1.29 is 4.74 Å². The Labute approximate surface area is 111 Å². The third-order valence-corrected chi connectivity index (χ3v) is 5.32. The minimum Gasteiger partial charge on any atom is -0.380 e. The number of rotatable bonds is 2. The normalized spacial score (nSPS) is 37.2. The van der Waals surface area contributed by atoms with Gasteiger partial charge in [-0.05, 0) is 25.7 Å². The Morgan fingerprint density at radius 2 is 2.11 bits per heavy atom. The van der Waals surface area contributed by atoms with Crippen LogP contribution >= 0.6 is 0 Å². The van der Waals surface area contributed by atoms with E-state index in [1.165, 1.54) is 58.0 Å². The molecule has 1 spiro atoms. The third kappa shape index (κ3) is 2.45. The predicted octanol–water partition coefficient (Wildman–Crippen LogP) is 2.16. The largest absolute Gasteiger partial charge is 0.380 e. The molecule has 0 bridgehead atoms. The molecule has 2 unspecified atom stereocenters. The van der Waals surface area contributed by atoms with Gasteiger partial charge >= 0.3 is 0 Å². The molecule has 0 amide bonds. The second-order valence-electron chi connectivity index (χ2n) is 6.47. The molecule has 0 radical (unpaired) electrons. The molecule has 0 aromatic heterocycles. The Morgan fingerprint density at radius 1 is 1.28 bits per heavy atom. The summed E-state index contributed by atoms with van der Waals surface area (Å²) in [5.41, 5.74) is 0.437. The van der Waals surface area contributed by atoms with Crippen LogP contribution < -0.4 is 5.32 Å². The fourth-order valence-electron chi connectivity index (χ4n) is 4.14. The minimum atomic E-state index is 0.437. The van der Waals surface area contributed by atoms with Crippen LogP contribution in [-0.4, -0.2) is 48.8 Å². The molecule has 2 saturated heterocycles. The van der Waals surface area contributed by atoms with E-state index in [-0.39, 0.29) is 0 Å². The molecule has 2 atom stereocenters. The number of hydrogen-bond acceptors (Lipinski definition) is 3. The molecule has 1 aliphatic carbocycles. The van der Waals surface area contributed by atoms with E-state index < -0.39 is 0 Å². The Morgan fingerprint density at radius 3 is 2.78 bits per heavy atom. The van der Waals surface area contributed by atoms with Gasteiger partial charge in [-0.2, -0.15) is 0 Å². The van der Waals surface area contributed by atoms with E-state index in [0.29, 0.717) is 11.6 Å². The van der Waals surface area contributed by atoms with Crippen molar-refractivity contribution in [1.29, 1.82) is 0 Å². The van der Waals surface area contributed by atoms with Crippen LogP contribution in [0.1, 0.15) is 51.9 Å². The second kappa shape index (κ2) is 5.48. The SMILES string of the molecule is CCC1CNC2(CCCCC2)CN1C1CCOC1. The van der Waals surface area contributed by atoms with Crippen molar-refractivity contribution in [1.82, 2.24) is 10.2 Å². The summed E-state index contributed by atoms with van der Waals surface area (Å²) in [5, 5.41) is 3.91. The summed E-state index contributed by atoms with van der Waals surface area (Å²) in [5.74, 6) is 0. The molecule has 3 aliphatic rings. The van der Waals surface area contributed by atoms with Crippen LogP contribution in [0.3, 0.4) is 0 Å². The highest BCUT2D eigenvalue weighted by Crippen LogP contribution is 2.34. The number of ether oxygens (including phenoxy) is 1. The maximum atomic E-state index is 5.62. The highest BCUT2D eigenvalue weighted by atomic mass is 16.5. The number of nitrogens with zero attached hydrogens (tertiary/aromatic N) is 1. The van der Waals surface area contributed by atoms with Crippen molar-refractivity contribution in [2.45, 2.75) is 69.5 Å². The summed E-state index contributed by atoms with van der Waals surface area (Å²) in [6.45, 7) is 6.71. The van der Waals surface area contributed by atoms with Gasteiger partial charge in [0.15, 0.2) is 0 Å². The minimum absolute atomic E-state index is 0.437. The number of nitrogens with one attached hydrogen (secondary N) is 1. The lowest BCUT2D eigenvalue weighted by atomic mass is 9.78. The molecule has 3 heteroatoms. The van der Waals surface area contributed by atoms with Gasteiger partial charge in [0.2, 0.25) is 0 Å². The van der Waals surface area contributed by atoms with Crippen molar-refractivity contribution in [3.8, 4) is 0 Å². The van der Waals surface area contributed by atoms with Gasteiger partial charge in [0.05, 0.1) is 6.61 Å². The molecule has 2 heterocycles. The first-order valence-electron chi connectivity index (χ1n) is 7.91. The molecule has 3 rings (SSSR count). The summed E-state index contributed by atoms with van der Waals surface area (Å²) in [7, 11) is 0. The summed E-state index contributed by atoms with van der Waals surface area (Å²) < 4.78 is 5.62. The summed E-state index contributed by atoms with van der Waals surface area (Å²) in [6.07, 6.45) is 9.54. The number of hydrogen-bond donors (Lipinski definition) is 1. The van der Waals surface area contributed by atoms with E-state index >= 15 is 0 Å². The lowest BCUT2D eigenvalue weighted by Crippen LogP contribution is -2.66. The van der Waals surface area contributed by atoms with E-state index in [1.807, 2.05) is 0 Å². The zero-order chi connectivity index (χ0) is 12.4. The molecule has 0 aromatic rings. The standard InChI is InChI=1S/C15H28N2O/c1-2-13-10-16-15(7-4-3-5-8-15)12-17(13)14-6-9-18-11-14/h13-14,16H,2-12H2,1H3. The molecule has 104 valence electrons. The van der Waals surface area contributed by atoms with Crippen LogP contribution in [0.15, 0.2) is 0 Å². The van der Waals surface area contributed by atoms with E-state index in [1.54, 1.807) is 0 Å². The maximum absolute atomic E-state index is 5.62. The summed E-state index contributed by atoms with van der Waals surface area (Å²) >= 11 is 0. The predicted molar refractivity (Wildman–Crippen MR) is 73.8 cm³/mol. The Balaban J connectivity index is 1.71. The third-order valence-electron chi connectivity index (χ3n) is 5.32. The topological polar surface area (TPSA) is 24.5 Å². The van der Waals surface area contributed by atoms with Crippen molar-refractivity contribution in [2.75, 3.05) is 26.3 Å². The van der Waals surface area contributed by atoms with Crippen molar-refractivity contribution in [3.63, 3.8) is 0 Å². The Bertz CT molecular complexity index is 268. The fraction of sp³-hybridized carbons (Fsp3) is 1.00. The first-order valence-corrected chi connectivity index (χ1v) is 7.91. The Hall–Kier alpha value is -0.120. The van der Waals surface area contributed by atoms with Gasteiger partial charge in [0.1, 0.15) is 0 Å². The zero-order valence-electron chi connectivity index (χ0n) is 11.8. The monoisotopic (exact) mass is 252 g/mol. The van der Waals surface area contributed by atoms with Gasteiger partial charge in [0, 0.05) is 37.3 Å². The molecular weight excluding hydrogens is 224 g/mol. The molecule has 2 aliphatic heterocycles. The number of piperazine rings is 1. The average molecular weight is 252 g/mol. The van der Waals surface area contributed by atoms with Gasteiger partial charge < -0.3 is 10.1 Å². The zero-order valence-corrected chi connectivity index (χ0v) is 11.8. The van der Waals surface area contributed by atoms with Crippen LogP contribution in [0.4, 0.5) is 0 Å². The van der Waals surface area contributed by atoms with Gasteiger partial charge in [-0.3, -0.25) is 4.90 Å².